The highest BCUT2D eigenvalue weighted by Crippen LogP contribution is 2.18. The minimum atomic E-state index is -0.566. The van der Waals surface area contributed by atoms with Crippen LogP contribution in [0.25, 0.3) is 0 Å². The van der Waals surface area contributed by atoms with Crippen LogP contribution < -0.4 is 5.73 Å². The van der Waals surface area contributed by atoms with Crippen molar-refractivity contribution < 1.29 is 5.11 Å². The monoisotopic (exact) mass is 146 g/mol. The van der Waals surface area contributed by atoms with Crippen molar-refractivity contribution in [3.05, 3.63) is 0 Å². The van der Waals surface area contributed by atoms with Crippen LogP contribution in [0.3, 0.4) is 0 Å². The van der Waals surface area contributed by atoms with Crippen LogP contribution in [0.2, 0.25) is 0 Å². The van der Waals surface area contributed by atoms with E-state index in [0.29, 0.717) is 18.2 Å². The maximum absolute atomic E-state index is 9.18. The number of hydrogen-bond donors (Lipinski definition) is 2. The minimum Gasteiger partial charge on any atom is -0.386 e. The highest BCUT2D eigenvalue weighted by molar-refractivity contribution is 7.80. The van der Waals surface area contributed by atoms with Gasteiger partial charge in [-0.25, -0.2) is 0 Å². The Morgan fingerprint density at radius 1 is 1.78 bits per heavy atom. The first-order valence-corrected chi connectivity index (χ1v) is 3.19. The van der Waals surface area contributed by atoms with Crippen LogP contribution in [-0.4, -0.2) is 33.8 Å². The van der Waals surface area contributed by atoms with E-state index in [1.165, 1.54) is 0 Å². The fourth-order valence-corrected chi connectivity index (χ4v) is 1.06. The van der Waals surface area contributed by atoms with Gasteiger partial charge in [0.1, 0.15) is 0 Å². The average molecular weight is 146 g/mol. The van der Waals surface area contributed by atoms with Gasteiger partial charge in [-0.3, -0.25) is 0 Å². The van der Waals surface area contributed by atoms with Crippen molar-refractivity contribution in [2.45, 2.75) is 12.5 Å². The van der Waals surface area contributed by atoms with Crippen LogP contribution in [0.15, 0.2) is 0 Å². The first-order chi connectivity index (χ1) is 4.01. The van der Waals surface area contributed by atoms with Gasteiger partial charge < -0.3 is 15.7 Å². The Kier molecular flexibility index (Phi) is 1.36. The van der Waals surface area contributed by atoms with Crippen LogP contribution in [0.1, 0.15) is 6.92 Å². The molecule has 1 heterocycles. The van der Waals surface area contributed by atoms with Crippen LogP contribution in [0.4, 0.5) is 0 Å². The Hall–Kier alpha value is -0.350. The molecule has 1 aliphatic heterocycles. The lowest BCUT2D eigenvalue weighted by molar-refractivity contribution is -0.0490. The quantitative estimate of drug-likeness (QED) is 0.444. The van der Waals surface area contributed by atoms with E-state index >= 15 is 0 Å². The van der Waals surface area contributed by atoms with E-state index in [9.17, 15) is 5.11 Å². The molecule has 1 fully saturated rings. The number of rotatable bonds is 0. The van der Waals surface area contributed by atoms with E-state index in [4.69, 9.17) is 5.73 Å². The molecule has 0 spiro atoms. The van der Waals surface area contributed by atoms with Crippen LogP contribution in [-0.2, 0) is 0 Å². The largest absolute Gasteiger partial charge is 0.386 e. The Labute approximate surface area is 59.4 Å². The number of nitrogens with zero attached hydrogens (tertiary/aromatic N) is 1. The molecular weight excluding hydrogens is 136 g/mol. The Balaban J connectivity index is 2.35. The van der Waals surface area contributed by atoms with Gasteiger partial charge in [0, 0.05) is 0 Å². The lowest BCUT2D eigenvalue weighted by atomic mass is 9.98. The second kappa shape index (κ2) is 1.82. The molecule has 52 valence electrons. The molecule has 3 N–H and O–H groups in total. The third-order valence-corrected chi connectivity index (χ3v) is 1.63. The van der Waals surface area contributed by atoms with Gasteiger partial charge in [0.05, 0.1) is 18.7 Å². The van der Waals surface area contributed by atoms with Crippen molar-refractivity contribution in [1.29, 1.82) is 0 Å². The second-order valence-corrected chi connectivity index (χ2v) is 3.11. The zero-order valence-corrected chi connectivity index (χ0v) is 6.11. The first kappa shape index (κ1) is 6.77. The lowest BCUT2D eigenvalue weighted by Gasteiger charge is -2.44. The van der Waals surface area contributed by atoms with Crippen molar-refractivity contribution >= 4 is 17.3 Å². The highest BCUT2D eigenvalue weighted by Gasteiger charge is 2.36. The van der Waals surface area contributed by atoms with Crippen LogP contribution in [0.5, 0.6) is 0 Å². The average Bonchev–Trinajstić information content (AvgIpc) is 1.59. The Morgan fingerprint density at radius 2 is 2.22 bits per heavy atom. The van der Waals surface area contributed by atoms with Gasteiger partial charge in [0.25, 0.3) is 0 Å². The van der Waals surface area contributed by atoms with E-state index in [-0.39, 0.29) is 0 Å². The minimum absolute atomic E-state index is 0.376. The van der Waals surface area contributed by atoms with E-state index in [1.807, 2.05) is 0 Å². The predicted octanol–water partition coefficient (Wildman–Crippen LogP) is -0.703. The zero-order valence-electron chi connectivity index (χ0n) is 5.29. The molecule has 0 unspecified atom stereocenters. The van der Waals surface area contributed by atoms with Gasteiger partial charge in [-0.2, -0.15) is 0 Å². The first-order valence-electron chi connectivity index (χ1n) is 2.78. The van der Waals surface area contributed by atoms with Crippen molar-refractivity contribution in [2.75, 3.05) is 13.1 Å². The van der Waals surface area contributed by atoms with E-state index in [1.54, 1.807) is 11.8 Å². The number of likely N-dealkylation sites (tertiary alicyclic amines) is 1. The normalized spacial score (nSPS) is 23.1. The second-order valence-electron chi connectivity index (χ2n) is 2.69. The smallest absolute Gasteiger partial charge is 0.166 e. The molecule has 1 aliphatic rings. The summed E-state index contributed by atoms with van der Waals surface area (Å²) in [5.74, 6) is 0. The summed E-state index contributed by atoms with van der Waals surface area (Å²) in [6.07, 6.45) is 0. The van der Waals surface area contributed by atoms with Gasteiger partial charge in [-0.15, -0.1) is 0 Å². The number of β-amino-alcohol motifs (C(OH)–C–C–N with tert-alkyl or cyclic N) is 1. The lowest BCUT2D eigenvalue weighted by Crippen LogP contribution is -2.62. The van der Waals surface area contributed by atoms with Gasteiger partial charge in [-0.05, 0) is 19.1 Å². The van der Waals surface area contributed by atoms with Crippen LogP contribution >= 0.6 is 12.2 Å². The molecule has 0 aromatic heterocycles. The van der Waals surface area contributed by atoms with Gasteiger partial charge in [-0.1, -0.05) is 0 Å². The molecule has 0 amide bonds. The summed E-state index contributed by atoms with van der Waals surface area (Å²) in [6, 6.07) is 0. The maximum Gasteiger partial charge on any atom is 0.166 e. The van der Waals surface area contributed by atoms with Crippen molar-refractivity contribution in [1.82, 2.24) is 4.90 Å². The Morgan fingerprint density at radius 3 is 2.33 bits per heavy atom. The summed E-state index contributed by atoms with van der Waals surface area (Å²) in [6.45, 7) is 2.91. The summed E-state index contributed by atoms with van der Waals surface area (Å²) in [5, 5.41) is 9.55. The maximum atomic E-state index is 9.18. The molecule has 0 aromatic carbocycles. The number of hydrogen-bond acceptors (Lipinski definition) is 2. The number of aliphatic hydroxyl groups is 1. The molecule has 1 saturated heterocycles. The number of nitrogens with two attached hydrogens (primary N) is 1. The van der Waals surface area contributed by atoms with E-state index < -0.39 is 5.60 Å². The summed E-state index contributed by atoms with van der Waals surface area (Å²) in [7, 11) is 0. The van der Waals surface area contributed by atoms with Gasteiger partial charge in [0.15, 0.2) is 5.11 Å². The summed E-state index contributed by atoms with van der Waals surface area (Å²) in [5.41, 5.74) is 4.70. The topological polar surface area (TPSA) is 49.5 Å². The summed E-state index contributed by atoms with van der Waals surface area (Å²) >= 11 is 4.66. The highest BCUT2D eigenvalue weighted by atomic mass is 32.1. The number of thiocarbonyl (C=S) groups is 1. The van der Waals surface area contributed by atoms with Gasteiger partial charge >= 0.3 is 0 Å². The Bertz CT molecular complexity index is 138. The third kappa shape index (κ3) is 1.31. The van der Waals surface area contributed by atoms with E-state index in [0.717, 1.165) is 0 Å². The third-order valence-electron chi connectivity index (χ3n) is 1.37. The van der Waals surface area contributed by atoms with Crippen molar-refractivity contribution in [2.24, 2.45) is 5.73 Å². The molecular formula is C5H10N2OS. The molecule has 0 radical (unpaired) electrons. The molecule has 1 rings (SSSR count). The van der Waals surface area contributed by atoms with Crippen LogP contribution in [0, 0.1) is 0 Å². The fraction of sp³-hybridized carbons (Fsp3) is 0.800. The molecule has 0 saturated carbocycles. The van der Waals surface area contributed by atoms with Crippen molar-refractivity contribution in [3.8, 4) is 0 Å². The SMILES string of the molecule is CC1(O)CN(C(N)=S)C1. The molecule has 3 nitrogen and oxygen atoms in total. The fourth-order valence-electron chi connectivity index (χ4n) is 0.932. The van der Waals surface area contributed by atoms with Gasteiger partial charge in [0.2, 0.25) is 0 Å². The summed E-state index contributed by atoms with van der Waals surface area (Å²) in [4.78, 5) is 1.76. The standard InChI is InChI=1S/C5H10N2OS/c1-5(8)2-7(3-5)4(6)9/h8H,2-3H2,1H3,(H2,6,9). The molecule has 9 heavy (non-hydrogen) atoms. The molecule has 0 aromatic rings. The predicted molar refractivity (Wildman–Crippen MR) is 39.0 cm³/mol. The summed E-state index contributed by atoms with van der Waals surface area (Å²) < 4.78 is 0. The van der Waals surface area contributed by atoms with E-state index in [2.05, 4.69) is 12.2 Å². The molecule has 0 aliphatic carbocycles. The molecule has 0 bridgehead atoms. The zero-order chi connectivity index (χ0) is 7.07. The van der Waals surface area contributed by atoms with Crippen molar-refractivity contribution in [3.63, 3.8) is 0 Å². The molecule has 0 atom stereocenters. The molecule has 4 heteroatoms.